The van der Waals surface area contributed by atoms with Crippen molar-refractivity contribution in [3.8, 4) is 11.3 Å². The fourth-order valence-electron chi connectivity index (χ4n) is 3.95. The third kappa shape index (κ3) is 3.24. The van der Waals surface area contributed by atoms with E-state index < -0.39 is 0 Å². The summed E-state index contributed by atoms with van der Waals surface area (Å²) < 4.78 is 0. The maximum Gasteiger partial charge on any atom is 0.223 e. The van der Waals surface area contributed by atoms with Crippen molar-refractivity contribution in [3.63, 3.8) is 0 Å². The monoisotopic (exact) mass is 307 g/mol. The molecule has 23 heavy (non-hydrogen) atoms. The molecule has 0 unspecified atom stereocenters. The van der Waals surface area contributed by atoms with Gasteiger partial charge in [0.2, 0.25) is 5.95 Å². The van der Waals surface area contributed by atoms with Crippen molar-refractivity contribution < 1.29 is 0 Å². The Labute approximate surface area is 138 Å². The zero-order valence-electron chi connectivity index (χ0n) is 13.7. The van der Waals surface area contributed by atoms with Gasteiger partial charge in [-0.1, -0.05) is 49.9 Å². The van der Waals surface area contributed by atoms with Crippen LogP contribution in [0, 0.1) is 5.92 Å². The number of anilines is 1. The number of nitrogens with zero attached hydrogens (tertiary/aromatic N) is 2. The molecule has 2 aliphatic rings. The summed E-state index contributed by atoms with van der Waals surface area (Å²) >= 11 is 0. The maximum absolute atomic E-state index is 4.84. The van der Waals surface area contributed by atoms with Crippen molar-refractivity contribution in [2.45, 2.75) is 51.4 Å². The van der Waals surface area contributed by atoms with E-state index in [2.05, 4.69) is 34.6 Å². The van der Waals surface area contributed by atoms with Crippen molar-refractivity contribution in [1.29, 1.82) is 0 Å². The molecule has 0 amide bonds. The van der Waals surface area contributed by atoms with Crippen LogP contribution < -0.4 is 5.32 Å². The SMILES string of the molecule is c1ccc2c(c1)CCc1cnc(NCC3CCCCCC3)nc1-2. The van der Waals surface area contributed by atoms with Crippen LogP contribution in [-0.2, 0) is 12.8 Å². The van der Waals surface area contributed by atoms with E-state index >= 15 is 0 Å². The molecule has 1 N–H and O–H groups in total. The summed E-state index contributed by atoms with van der Waals surface area (Å²) in [5.41, 5.74) is 5.11. The van der Waals surface area contributed by atoms with E-state index in [4.69, 9.17) is 4.98 Å². The fraction of sp³-hybridized carbons (Fsp3) is 0.500. The number of nitrogens with one attached hydrogen (secondary N) is 1. The Morgan fingerprint density at radius 3 is 2.61 bits per heavy atom. The van der Waals surface area contributed by atoms with Gasteiger partial charge in [-0.25, -0.2) is 9.97 Å². The molecule has 4 rings (SSSR count). The molecule has 0 atom stereocenters. The molecule has 1 aromatic heterocycles. The molecule has 2 aromatic rings. The Morgan fingerprint density at radius 2 is 1.74 bits per heavy atom. The summed E-state index contributed by atoms with van der Waals surface area (Å²) in [5, 5.41) is 3.50. The smallest absolute Gasteiger partial charge is 0.223 e. The van der Waals surface area contributed by atoms with Gasteiger partial charge in [-0.2, -0.15) is 0 Å². The van der Waals surface area contributed by atoms with E-state index in [9.17, 15) is 0 Å². The number of rotatable bonds is 3. The fourth-order valence-corrected chi connectivity index (χ4v) is 3.95. The molecule has 0 radical (unpaired) electrons. The highest BCUT2D eigenvalue weighted by Gasteiger charge is 2.18. The molecule has 1 heterocycles. The van der Waals surface area contributed by atoms with E-state index in [0.29, 0.717) is 0 Å². The molecule has 3 heteroatoms. The summed E-state index contributed by atoms with van der Waals surface area (Å²) in [4.78, 5) is 9.39. The second-order valence-corrected chi connectivity index (χ2v) is 6.96. The van der Waals surface area contributed by atoms with Crippen LogP contribution in [-0.4, -0.2) is 16.5 Å². The molecule has 0 spiro atoms. The zero-order chi connectivity index (χ0) is 15.5. The van der Waals surface area contributed by atoms with Gasteiger partial charge in [0.1, 0.15) is 0 Å². The van der Waals surface area contributed by atoms with Gasteiger partial charge >= 0.3 is 0 Å². The molecule has 3 nitrogen and oxygen atoms in total. The Morgan fingerprint density at radius 1 is 0.957 bits per heavy atom. The highest BCUT2D eigenvalue weighted by molar-refractivity contribution is 5.70. The lowest BCUT2D eigenvalue weighted by Gasteiger charge is -2.20. The first-order valence-electron chi connectivity index (χ1n) is 9.08. The predicted octanol–water partition coefficient (Wildman–Crippen LogP) is 4.62. The van der Waals surface area contributed by atoms with Gasteiger partial charge in [-0.05, 0) is 42.7 Å². The van der Waals surface area contributed by atoms with Gasteiger partial charge in [-0.3, -0.25) is 0 Å². The van der Waals surface area contributed by atoms with Crippen LogP contribution in [0.2, 0.25) is 0 Å². The summed E-state index contributed by atoms with van der Waals surface area (Å²) in [6.45, 7) is 1.01. The average molecular weight is 307 g/mol. The first kappa shape index (κ1) is 14.7. The molecule has 1 fully saturated rings. The number of hydrogen-bond donors (Lipinski definition) is 1. The second-order valence-electron chi connectivity index (χ2n) is 6.96. The van der Waals surface area contributed by atoms with Crippen molar-refractivity contribution in [3.05, 3.63) is 41.6 Å². The predicted molar refractivity (Wildman–Crippen MR) is 94.6 cm³/mol. The largest absolute Gasteiger partial charge is 0.354 e. The lowest BCUT2D eigenvalue weighted by Crippen LogP contribution is -2.16. The lowest BCUT2D eigenvalue weighted by atomic mass is 9.90. The van der Waals surface area contributed by atoms with Crippen LogP contribution in [0.5, 0.6) is 0 Å². The molecule has 1 aromatic carbocycles. The summed E-state index contributed by atoms with van der Waals surface area (Å²) in [6.07, 6.45) is 12.4. The third-order valence-electron chi connectivity index (χ3n) is 5.32. The van der Waals surface area contributed by atoms with E-state index in [0.717, 1.165) is 36.9 Å². The number of aromatic nitrogens is 2. The van der Waals surface area contributed by atoms with Gasteiger partial charge in [0.25, 0.3) is 0 Å². The van der Waals surface area contributed by atoms with Gasteiger partial charge in [0.15, 0.2) is 0 Å². The number of benzene rings is 1. The molecular formula is C20H25N3. The molecular weight excluding hydrogens is 282 g/mol. The standard InChI is InChI=1S/C20H25N3/c1-2-4-8-15(7-3-1)13-21-20-22-14-17-12-11-16-9-5-6-10-18(16)19(17)23-20/h5-6,9-10,14-15H,1-4,7-8,11-13H2,(H,21,22,23). The summed E-state index contributed by atoms with van der Waals surface area (Å²) in [5.74, 6) is 1.58. The lowest BCUT2D eigenvalue weighted by molar-refractivity contribution is 0.482. The van der Waals surface area contributed by atoms with Gasteiger partial charge in [0, 0.05) is 18.3 Å². The Hall–Kier alpha value is -1.90. The average Bonchev–Trinajstić information content (AvgIpc) is 2.88. The van der Waals surface area contributed by atoms with Crippen LogP contribution in [0.3, 0.4) is 0 Å². The maximum atomic E-state index is 4.84. The number of hydrogen-bond acceptors (Lipinski definition) is 3. The summed E-state index contributed by atoms with van der Waals surface area (Å²) in [6, 6.07) is 8.64. The first-order chi connectivity index (χ1) is 11.4. The molecule has 120 valence electrons. The van der Waals surface area contributed by atoms with Crippen molar-refractivity contribution in [2.24, 2.45) is 5.92 Å². The Kier molecular flexibility index (Phi) is 4.27. The molecule has 0 aliphatic heterocycles. The Bertz CT molecular complexity index is 672. The van der Waals surface area contributed by atoms with Crippen molar-refractivity contribution in [2.75, 3.05) is 11.9 Å². The zero-order valence-corrected chi connectivity index (χ0v) is 13.7. The van der Waals surface area contributed by atoms with Crippen molar-refractivity contribution in [1.82, 2.24) is 9.97 Å². The first-order valence-corrected chi connectivity index (χ1v) is 9.08. The molecule has 2 aliphatic carbocycles. The molecule has 1 saturated carbocycles. The number of aryl methyl sites for hydroxylation is 2. The topological polar surface area (TPSA) is 37.8 Å². The van der Waals surface area contributed by atoms with E-state index in [1.807, 2.05) is 6.20 Å². The van der Waals surface area contributed by atoms with Crippen LogP contribution in [0.15, 0.2) is 30.5 Å². The highest BCUT2D eigenvalue weighted by atomic mass is 15.1. The highest BCUT2D eigenvalue weighted by Crippen LogP contribution is 2.32. The minimum Gasteiger partial charge on any atom is -0.354 e. The van der Waals surface area contributed by atoms with Crippen LogP contribution in [0.1, 0.15) is 49.7 Å². The van der Waals surface area contributed by atoms with E-state index in [1.165, 1.54) is 55.2 Å². The van der Waals surface area contributed by atoms with Crippen LogP contribution >= 0.6 is 0 Å². The second kappa shape index (κ2) is 6.69. The van der Waals surface area contributed by atoms with E-state index in [1.54, 1.807) is 0 Å². The number of fused-ring (bicyclic) bond motifs is 3. The van der Waals surface area contributed by atoms with Gasteiger partial charge in [0.05, 0.1) is 5.69 Å². The van der Waals surface area contributed by atoms with Gasteiger partial charge in [-0.15, -0.1) is 0 Å². The van der Waals surface area contributed by atoms with E-state index in [-0.39, 0.29) is 0 Å². The third-order valence-corrected chi connectivity index (χ3v) is 5.32. The normalized spacial score (nSPS) is 17.9. The van der Waals surface area contributed by atoms with Crippen molar-refractivity contribution >= 4 is 5.95 Å². The quantitative estimate of drug-likeness (QED) is 0.840. The summed E-state index contributed by atoms with van der Waals surface area (Å²) in [7, 11) is 0. The minimum absolute atomic E-state index is 0.782. The van der Waals surface area contributed by atoms with Gasteiger partial charge < -0.3 is 5.32 Å². The molecule has 0 bridgehead atoms. The molecule has 0 saturated heterocycles. The van der Waals surface area contributed by atoms with Crippen LogP contribution in [0.4, 0.5) is 5.95 Å². The Balaban J connectivity index is 1.51. The van der Waals surface area contributed by atoms with Crippen LogP contribution in [0.25, 0.3) is 11.3 Å². The minimum atomic E-state index is 0.782.